The van der Waals surface area contributed by atoms with E-state index in [0.29, 0.717) is 13.1 Å². The van der Waals surface area contributed by atoms with Crippen LogP contribution in [-0.2, 0) is 16.0 Å². The maximum absolute atomic E-state index is 10.9. The average Bonchev–Trinajstić information content (AvgIpc) is 2.53. The van der Waals surface area contributed by atoms with Gasteiger partial charge in [0.15, 0.2) is 0 Å². The minimum atomic E-state index is -0.564. The molecule has 0 radical (unpaired) electrons. The largest absolute Gasteiger partial charge is 0.382 e. The van der Waals surface area contributed by atoms with Crippen LogP contribution in [0.25, 0.3) is 0 Å². The minimum absolute atomic E-state index is 0.121. The van der Waals surface area contributed by atoms with Crippen LogP contribution in [0.5, 0.6) is 0 Å². The Balaban J connectivity index is 2.31. The van der Waals surface area contributed by atoms with Crippen LogP contribution in [0.3, 0.4) is 0 Å². The highest BCUT2D eigenvalue weighted by atomic mass is 16.5. The van der Waals surface area contributed by atoms with E-state index in [4.69, 9.17) is 9.47 Å². The number of nitroso groups, excluding NO2 is 2. The summed E-state index contributed by atoms with van der Waals surface area (Å²) in [4.78, 5) is 27.4. The molecule has 0 spiro atoms. The monoisotopic (exact) mass is 310 g/mol. The number of aromatic nitrogens is 1. The predicted octanol–water partition coefficient (Wildman–Crippen LogP) is 1.45. The van der Waals surface area contributed by atoms with Crippen molar-refractivity contribution in [1.29, 1.82) is 0 Å². The Morgan fingerprint density at radius 1 is 1.23 bits per heavy atom. The molecule has 0 aliphatic rings. The first-order valence-electron chi connectivity index (χ1n) is 6.98. The SMILES string of the molecule is COCC(COCC(CN(C)Cc1cccnc1)N=O)N=O. The summed E-state index contributed by atoms with van der Waals surface area (Å²) < 4.78 is 10.2. The quantitative estimate of drug-likeness (QED) is 0.542. The third-order valence-electron chi connectivity index (χ3n) is 2.98. The topological polar surface area (TPSA) is 93.5 Å². The summed E-state index contributed by atoms with van der Waals surface area (Å²) >= 11 is 0. The van der Waals surface area contributed by atoms with E-state index in [1.165, 1.54) is 7.11 Å². The summed E-state index contributed by atoms with van der Waals surface area (Å²) in [5, 5.41) is 5.96. The van der Waals surface area contributed by atoms with Crippen LogP contribution in [0.1, 0.15) is 5.56 Å². The maximum atomic E-state index is 10.9. The molecule has 0 aliphatic carbocycles. The third kappa shape index (κ3) is 7.30. The molecule has 122 valence electrons. The van der Waals surface area contributed by atoms with Crippen molar-refractivity contribution in [2.24, 2.45) is 10.4 Å². The van der Waals surface area contributed by atoms with Crippen LogP contribution in [0.2, 0.25) is 0 Å². The fourth-order valence-corrected chi connectivity index (χ4v) is 1.99. The molecule has 2 unspecified atom stereocenters. The van der Waals surface area contributed by atoms with Crippen molar-refractivity contribution in [3.8, 4) is 0 Å². The van der Waals surface area contributed by atoms with Crippen LogP contribution < -0.4 is 0 Å². The molecule has 0 saturated carbocycles. The highest BCUT2D eigenvalue weighted by Crippen LogP contribution is 2.04. The molecule has 1 rings (SSSR count). The maximum Gasteiger partial charge on any atom is 0.138 e. The molecule has 0 bridgehead atoms. The Morgan fingerprint density at radius 2 is 1.95 bits per heavy atom. The molecule has 0 aromatic carbocycles. The van der Waals surface area contributed by atoms with Gasteiger partial charge in [0.05, 0.1) is 19.8 Å². The lowest BCUT2D eigenvalue weighted by Crippen LogP contribution is -2.32. The van der Waals surface area contributed by atoms with Gasteiger partial charge < -0.3 is 9.47 Å². The van der Waals surface area contributed by atoms with Gasteiger partial charge in [0.25, 0.3) is 0 Å². The fourth-order valence-electron chi connectivity index (χ4n) is 1.99. The summed E-state index contributed by atoms with van der Waals surface area (Å²) in [7, 11) is 3.38. The number of hydrogen-bond acceptors (Lipinski definition) is 8. The average molecular weight is 310 g/mol. The first-order valence-corrected chi connectivity index (χ1v) is 6.98. The smallest absolute Gasteiger partial charge is 0.138 e. The Bertz CT molecular complexity index is 432. The van der Waals surface area contributed by atoms with Crippen LogP contribution in [0.4, 0.5) is 0 Å². The lowest BCUT2D eigenvalue weighted by Gasteiger charge is -2.20. The van der Waals surface area contributed by atoms with Crippen LogP contribution in [0, 0.1) is 9.81 Å². The molecule has 2 atom stereocenters. The molecular formula is C14H22N4O4. The molecule has 8 nitrogen and oxygen atoms in total. The number of likely N-dealkylation sites (N-methyl/N-ethyl adjacent to an activating group) is 1. The van der Waals surface area contributed by atoms with Crippen LogP contribution >= 0.6 is 0 Å². The second kappa shape index (κ2) is 10.9. The summed E-state index contributed by atoms with van der Waals surface area (Å²) in [6, 6.07) is 2.76. The normalized spacial score (nSPS) is 13.8. The van der Waals surface area contributed by atoms with Gasteiger partial charge >= 0.3 is 0 Å². The molecule has 22 heavy (non-hydrogen) atoms. The molecule has 8 heteroatoms. The van der Waals surface area contributed by atoms with E-state index >= 15 is 0 Å². The van der Waals surface area contributed by atoms with Crippen molar-refractivity contribution in [3.63, 3.8) is 0 Å². The molecule has 0 aliphatic heterocycles. The van der Waals surface area contributed by atoms with Crippen molar-refractivity contribution < 1.29 is 9.47 Å². The second-order valence-corrected chi connectivity index (χ2v) is 5.07. The van der Waals surface area contributed by atoms with Crippen molar-refractivity contribution in [2.75, 3.05) is 40.5 Å². The summed E-state index contributed by atoms with van der Waals surface area (Å²) in [5.41, 5.74) is 1.06. The molecular weight excluding hydrogens is 288 g/mol. The zero-order valence-corrected chi connectivity index (χ0v) is 12.9. The number of methoxy groups -OCH3 is 1. The summed E-state index contributed by atoms with van der Waals surface area (Å²) in [6.07, 6.45) is 3.49. The summed E-state index contributed by atoms with van der Waals surface area (Å²) in [6.45, 7) is 1.60. The van der Waals surface area contributed by atoms with Crippen molar-refractivity contribution in [2.45, 2.75) is 18.6 Å². The first kappa shape index (κ1) is 18.3. The van der Waals surface area contributed by atoms with Crippen LogP contribution in [0.15, 0.2) is 34.9 Å². The molecule has 1 heterocycles. The highest BCUT2D eigenvalue weighted by Gasteiger charge is 2.15. The van der Waals surface area contributed by atoms with Gasteiger partial charge in [-0.15, -0.1) is 0 Å². The lowest BCUT2D eigenvalue weighted by atomic mass is 10.2. The van der Waals surface area contributed by atoms with Gasteiger partial charge in [0.2, 0.25) is 0 Å². The van der Waals surface area contributed by atoms with E-state index in [-0.39, 0.29) is 19.8 Å². The minimum Gasteiger partial charge on any atom is -0.382 e. The summed E-state index contributed by atoms with van der Waals surface area (Å²) in [5.74, 6) is 0. The fraction of sp³-hybridized carbons (Fsp3) is 0.643. The van der Waals surface area contributed by atoms with Gasteiger partial charge in [-0.1, -0.05) is 16.4 Å². The van der Waals surface area contributed by atoms with E-state index in [1.54, 1.807) is 12.4 Å². The molecule has 0 saturated heterocycles. The molecule has 1 aromatic rings. The third-order valence-corrected chi connectivity index (χ3v) is 2.98. The van der Waals surface area contributed by atoms with E-state index in [2.05, 4.69) is 15.3 Å². The van der Waals surface area contributed by atoms with Gasteiger partial charge in [-0.2, -0.15) is 9.81 Å². The van der Waals surface area contributed by atoms with E-state index < -0.39 is 12.1 Å². The Kier molecular flexibility index (Phi) is 9.04. The molecule has 0 amide bonds. The van der Waals surface area contributed by atoms with E-state index in [9.17, 15) is 9.81 Å². The van der Waals surface area contributed by atoms with E-state index in [0.717, 1.165) is 5.56 Å². The number of hydrogen-bond donors (Lipinski definition) is 0. The second-order valence-electron chi connectivity index (χ2n) is 5.07. The zero-order valence-electron chi connectivity index (χ0n) is 12.9. The molecule has 0 fully saturated rings. The molecule has 1 aromatic heterocycles. The lowest BCUT2D eigenvalue weighted by molar-refractivity contribution is 0.0740. The Labute approximate surface area is 129 Å². The van der Waals surface area contributed by atoms with Gasteiger partial charge in [0.1, 0.15) is 12.1 Å². The predicted molar refractivity (Wildman–Crippen MR) is 82.4 cm³/mol. The van der Waals surface area contributed by atoms with Gasteiger partial charge in [-0.25, -0.2) is 0 Å². The number of ether oxygens (including phenoxy) is 2. The van der Waals surface area contributed by atoms with Crippen molar-refractivity contribution in [1.82, 2.24) is 9.88 Å². The molecule has 0 N–H and O–H groups in total. The number of pyridine rings is 1. The van der Waals surface area contributed by atoms with E-state index in [1.807, 2.05) is 24.1 Å². The first-order chi connectivity index (χ1) is 10.7. The van der Waals surface area contributed by atoms with Gasteiger partial charge in [-0.05, 0) is 18.7 Å². The Morgan fingerprint density at radius 3 is 2.55 bits per heavy atom. The van der Waals surface area contributed by atoms with Gasteiger partial charge in [-0.3, -0.25) is 9.88 Å². The standard InChI is InChI=1S/C14H22N4O4/c1-18(7-12-4-3-5-15-6-12)8-13(16-19)10-22-11-14(17-20)9-21-2/h3-6,13-14H,7-11H2,1-2H3. The highest BCUT2D eigenvalue weighted by molar-refractivity contribution is 5.07. The zero-order chi connectivity index (χ0) is 16.2. The van der Waals surface area contributed by atoms with Crippen molar-refractivity contribution in [3.05, 3.63) is 39.9 Å². The van der Waals surface area contributed by atoms with Gasteiger partial charge in [0, 0.05) is 32.6 Å². The Hall–Kier alpha value is -1.77. The van der Waals surface area contributed by atoms with Crippen molar-refractivity contribution >= 4 is 0 Å². The number of nitrogens with zero attached hydrogens (tertiary/aromatic N) is 4. The van der Waals surface area contributed by atoms with Crippen LogP contribution in [-0.4, -0.2) is 62.5 Å². The number of rotatable bonds is 12.